The van der Waals surface area contributed by atoms with Crippen LogP contribution in [0.5, 0.6) is 0 Å². The molecule has 0 aromatic heterocycles. The summed E-state index contributed by atoms with van der Waals surface area (Å²) in [4.78, 5) is 9.69. The third kappa shape index (κ3) is 3.09. The average molecular weight is 423 g/mol. The second kappa shape index (κ2) is 7.30. The lowest BCUT2D eigenvalue weighted by atomic mass is 9.84. The summed E-state index contributed by atoms with van der Waals surface area (Å²) in [7, 11) is 0. The normalized spacial score (nSPS) is 18.9. The first-order valence-electron chi connectivity index (χ1n) is 12.0. The highest BCUT2D eigenvalue weighted by Gasteiger charge is 2.29. The van der Waals surface area contributed by atoms with E-state index in [1.807, 2.05) is 0 Å². The Bertz CT molecular complexity index is 1170. The van der Waals surface area contributed by atoms with Gasteiger partial charge >= 0.3 is 0 Å². The maximum atomic E-state index is 6.04. The number of ether oxygens (including phenoxy) is 1. The van der Waals surface area contributed by atoms with Gasteiger partial charge in [-0.3, -0.25) is 4.99 Å². The van der Waals surface area contributed by atoms with E-state index in [1.165, 1.54) is 61.6 Å². The maximum absolute atomic E-state index is 6.04. The molecule has 6 rings (SSSR count). The van der Waals surface area contributed by atoms with Gasteiger partial charge in [0.15, 0.2) is 0 Å². The van der Waals surface area contributed by atoms with Gasteiger partial charge in [0.2, 0.25) is 5.88 Å². The number of benzene rings is 2. The van der Waals surface area contributed by atoms with Crippen LogP contribution in [0.2, 0.25) is 0 Å². The quantitative estimate of drug-likeness (QED) is 0.514. The zero-order valence-corrected chi connectivity index (χ0v) is 19.5. The van der Waals surface area contributed by atoms with Gasteiger partial charge in [0, 0.05) is 35.5 Å². The number of allylic oxidation sites excluding steroid dienone is 3. The number of fused-ring (bicyclic) bond motifs is 4. The lowest BCUT2D eigenvalue weighted by Gasteiger charge is -2.21. The second-order valence-corrected chi connectivity index (χ2v) is 10.1. The van der Waals surface area contributed by atoms with Crippen molar-refractivity contribution >= 4 is 22.6 Å². The number of nitrogens with zero attached hydrogens (tertiary/aromatic N) is 2. The Morgan fingerprint density at radius 2 is 1.34 bits per heavy atom. The summed E-state index contributed by atoms with van der Waals surface area (Å²) >= 11 is 0. The Morgan fingerprint density at radius 1 is 0.719 bits per heavy atom. The highest BCUT2D eigenvalue weighted by Crippen LogP contribution is 2.42. The number of hydrogen-bond acceptors (Lipinski definition) is 3. The molecule has 0 amide bonds. The molecule has 2 aromatic rings. The largest absolute Gasteiger partial charge is 0.473 e. The monoisotopic (exact) mass is 422 g/mol. The zero-order chi connectivity index (χ0) is 22.0. The van der Waals surface area contributed by atoms with E-state index in [0.29, 0.717) is 18.4 Å². The minimum Gasteiger partial charge on any atom is -0.473 e. The van der Waals surface area contributed by atoms with Crippen molar-refractivity contribution in [3.8, 4) is 11.1 Å². The Kier molecular flexibility index (Phi) is 4.50. The Morgan fingerprint density at radius 3 is 2.06 bits per heavy atom. The minimum absolute atomic E-state index is 0.458. The molecular formula is C29H30N2O. The van der Waals surface area contributed by atoms with Crippen molar-refractivity contribution in [3.63, 3.8) is 0 Å². The molecule has 0 N–H and O–H groups in total. The van der Waals surface area contributed by atoms with Crippen LogP contribution in [0, 0.1) is 11.8 Å². The van der Waals surface area contributed by atoms with Crippen LogP contribution in [0.25, 0.3) is 22.3 Å². The fourth-order valence-electron chi connectivity index (χ4n) is 5.37. The van der Waals surface area contributed by atoms with Crippen molar-refractivity contribution < 1.29 is 4.74 Å². The lowest BCUT2D eigenvalue weighted by molar-refractivity contribution is 0.194. The molecule has 0 bridgehead atoms. The predicted octanol–water partition coefficient (Wildman–Crippen LogP) is 7.21. The first-order chi connectivity index (χ1) is 15.5. The van der Waals surface area contributed by atoms with Crippen LogP contribution in [0.15, 0.2) is 58.0 Å². The van der Waals surface area contributed by atoms with Crippen LogP contribution < -0.4 is 0 Å². The first-order valence-corrected chi connectivity index (χ1v) is 12.0. The molecular weight excluding hydrogens is 392 g/mol. The summed E-state index contributed by atoms with van der Waals surface area (Å²) in [5.41, 5.74) is 14.6. The molecule has 3 aliphatic heterocycles. The van der Waals surface area contributed by atoms with Crippen molar-refractivity contribution in [1.29, 1.82) is 0 Å². The topological polar surface area (TPSA) is 34.0 Å². The summed E-state index contributed by atoms with van der Waals surface area (Å²) in [5, 5.41) is 0. The molecule has 0 radical (unpaired) electrons. The van der Waals surface area contributed by atoms with Crippen molar-refractivity contribution in [2.75, 3.05) is 0 Å². The standard InChI is InChI=1S/C29H30N2O/c1-16(2)27-13-24-22-8-5-18(11-20(22)7-10-26(24)30-27)19-6-9-23-21(12-19)15-32-29-25(23)14-28(31-29)17(3)4/h5-6,8-9,11-12,16-17H,7,10,13-15H2,1-4H3. The average Bonchev–Trinajstić information content (AvgIpc) is 3.43. The molecule has 0 spiro atoms. The van der Waals surface area contributed by atoms with Gasteiger partial charge < -0.3 is 4.74 Å². The molecule has 3 heterocycles. The lowest BCUT2D eigenvalue weighted by Crippen LogP contribution is -2.07. The summed E-state index contributed by atoms with van der Waals surface area (Å²) in [6.45, 7) is 9.52. The number of aryl methyl sites for hydroxylation is 1. The molecule has 3 heteroatoms. The molecule has 162 valence electrons. The van der Waals surface area contributed by atoms with Gasteiger partial charge in [-0.1, -0.05) is 58.0 Å². The summed E-state index contributed by atoms with van der Waals surface area (Å²) in [5.74, 6) is 1.82. The molecule has 0 unspecified atom stereocenters. The molecule has 4 aliphatic rings. The van der Waals surface area contributed by atoms with Crippen LogP contribution in [-0.2, 0) is 17.8 Å². The zero-order valence-electron chi connectivity index (χ0n) is 19.5. The third-order valence-corrected chi connectivity index (χ3v) is 7.37. The van der Waals surface area contributed by atoms with E-state index >= 15 is 0 Å². The van der Waals surface area contributed by atoms with E-state index in [1.54, 1.807) is 0 Å². The first kappa shape index (κ1) is 19.7. The van der Waals surface area contributed by atoms with Crippen LogP contribution in [-0.4, -0.2) is 11.4 Å². The van der Waals surface area contributed by atoms with E-state index in [4.69, 9.17) is 14.7 Å². The SMILES string of the molecule is CC(C)C1=NC2=C(C1)c1ccc(-c3ccc4c(c3)COC3=C4CC(C(C)C)=N3)cc1CC2. The van der Waals surface area contributed by atoms with E-state index in [9.17, 15) is 0 Å². The van der Waals surface area contributed by atoms with Crippen molar-refractivity contribution in [3.05, 3.63) is 70.2 Å². The number of aliphatic imine (C=N–C) groups is 2. The molecule has 0 saturated heterocycles. The molecule has 32 heavy (non-hydrogen) atoms. The molecule has 0 fully saturated rings. The van der Waals surface area contributed by atoms with Gasteiger partial charge in [-0.05, 0) is 69.7 Å². The number of hydrogen-bond donors (Lipinski definition) is 0. The van der Waals surface area contributed by atoms with Crippen LogP contribution in [0.1, 0.15) is 69.2 Å². The van der Waals surface area contributed by atoms with Gasteiger partial charge in [-0.2, -0.15) is 0 Å². The highest BCUT2D eigenvalue weighted by molar-refractivity contribution is 6.02. The smallest absolute Gasteiger partial charge is 0.217 e. The fourth-order valence-corrected chi connectivity index (χ4v) is 5.37. The second-order valence-electron chi connectivity index (χ2n) is 10.1. The van der Waals surface area contributed by atoms with Crippen molar-refractivity contribution in [2.45, 2.75) is 60.0 Å². The Labute approximate surface area is 190 Å². The Balaban J connectivity index is 1.30. The van der Waals surface area contributed by atoms with Crippen LogP contribution in [0.4, 0.5) is 0 Å². The van der Waals surface area contributed by atoms with Crippen molar-refractivity contribution in [2.24, 2.45) is 21.8 Å². The van der Waals surface area contributed by atoms with E-state index in [2.05, 4.69) is 64.1 Å². The van der Waals surface area contributed by atoms with Gasteiger partial charge in [0.1, 0.15) is 6.61 Å². The van der Waals surface area contributed by atoms with E-state index in [-0.39, 0.29) is 0 Å². The molecule has 3 nitrogen and oxygen atoms in total. The maximum Gasteiger partial charge on any atom is 0.217 e. The minimum atomic E-state index is 0.458. The molecule has 0 saturated carbocycles. The molecule has 0 atom stereocenters. The van der Waals surface area contributed by atoms with E-state index in [0.717, 1.165) is 31.6 Å². The van der Waals surface area contributed by atoms with Gasteiger partial charge in [0.05, 0.1) is 0 Å². The summed E-state index contributed by atoms with van der Waals surface area (Å²) < 4.78 is 6.04. The Hall–Kier alpha value is -2.94. The van der Waals surface area contributed by atoms with Crippen LogP contribution in [0.3, 0.4) is 0 Å². The third-order valence-electron chi connectivity index (χ3n) is 7.37. The predicted molar refractivity (Wildman–Crippen MR) is 133 cm³/mol. The summed E-state index contributed by atoms with van der Waals surface area (Å²) in [6.07, 6.45) is 4.08. The summed E-state index contributed by atoms with van der Waals surface area (Å²) in [6, 6.07) is 13.9. The molecule has 2 aromatic carbocycles. The van der Waals surface area contributed by atoms with E-state index < -0.39 is 0 Å². The number of rotatable bonds is 3. The van der Waals surface area contributed by atoms with Gasteiger partial charge in [-0.15, -0.1) is 0 Å². The van der Waals surface area contributed by atoms with Gasteiger partial charge in [-0.25, -0.2) is 4.99 Å². The molecule has 1 aliphatic carbocycles. The fraction of sp³-hybridized carbons (Fsp3) is 0.379. The highest BCUT2D eigenvalue weighted by atomic mass is 16.5. The van der Waals surface area contributed by atoms with Crippen LogP contribution >= 0.6 is 0 Å². The van der Waals surface area contributed by atoms with Gasteiger partial charge in [0.25, 0.3) is 0 Å². The van der Waals surface area contributed by atoms with Crippen molar-refractivity contribution in [1.82, 2.24) is 0 Å².